The first-order valence-corrected chi connectivity index (χ1v) is 11.8. The summed E-state index contributed by atoms with van der Waals surface area (Å²) in [7, 11) is 0. The van der Waals surface area contributed by atoms with E-state index in [0.29, 0.717) is 0 Å². The van der Waals surface area contributed by atoms with Gasteiger partial charge < -0.3 is 20.5 Å². The van der Waals surface area contributed by atoms with Gasteiger partial charge in [-0.15, -0.1) is 0 Å². The molecule has 0 heterocycles. The number of amides is 2. The highest BCUT2D eigenvalue weighted by Crippen LogP contribution is 2.44. The Kier molecular flexibility index (Phi) is 8.31. The average molecular weight is 467 g/mol. The van der Waals surface area contributed by atoms with E-state index in [1.165, 1.54) is 0 Å². The van der Waals surface area contributed by atoms with Gasteiger partial charge in [0.25, 0.3) is 0 Å². The fourth-order valence-electron chi connectivity index (χ4n) is 4.35. The summed E-state index contributed by atoms with van der Waals surface area (Å²) < 4.78 is 5.61. The Morgan fingerprint density at radius 3 is 1.82 bits per heavy atom. The van der Waals surface area contributed by atoms with E-state index in [9.17, 15) is 14.4 Å². The van der Waals surface area contributed by atoms with E-state index in [0.717, 1.165) is 22.3 Å². The van der Waals surface area contributed by atoms with Crippen molar-refractivity contribution in [2.45, 2.75) is 58.5 Å². The molecule has 0 spiro atoms. The van der Waals surface area contributed by atoms with Crippen LogP contribution in [0.1, 0.15) is 57.6 Å². The fraction of sp³-hybridized carbons (Fsp3) is 0.444. The third-order valence-corrected chi connectivity index (χ3v) is 6.40. The van der Waals surface area contributed by atoms with E-state index in [1.807, 2.05) is 52.0 Å². The molecule has 0 radical (unpaired) electrons. The van der Waals surface area contributed by atoms with Crippen LogP contribution < -0.4 is 10.6 Å². The minimum atomic E-state index is -0.962. The summed E-state index contributed by atoms with van der Waals surface area (Å²) in [4.78, 5) is 36.3. The highest BCUT2D eigenvalue weighted by atomic mass is 16.5. The van der Waals surface area contributed by atoms with Crippen molar-refractivity contribution in [3.8, 4) is 11.1 Å². The molecular formula is C27H34N2O5. The van der Waals surface area contributed by atoms with E-state index in [4.69, 9.17) is 9.84 Å². The molecule has 0 saturated carbocycles. The maximum atomic E-state index is 12.7. The second-order valence-corrected chi connectivity index (χ2v) is 9.54. The molecule has 0 fully saturated rings. The SMILES string of the molecule is CC(C)[C@H](CC(=O)O)NC(=O)C[C@@H](NC(=O)OCC1c2ccccc2-c2ccccc21)C(C)C. The standard InChI is InChI=1S/C27H34N2O5/c1-16(2)23(13-25(30)28-24(17(3)4)14-26(31)32)29-27(33)34-15-22-20-11-7-5-9-18(20)19-10-6-8-12-21(19)22/h5-12,16-17,22-24H,13-15H2,1-4H3,(H,28,30)(H,29,33)(H,31,32)/t23-,24+/m1/s1. The first-order chi connectivity index (χ1) is 16.2. The van der Waals surface area contributed by atoms with Crippen LogP contribution in [0.25, 0.3) is 11.1 Å². The molecule has 0 unspecified atom stereocenters. The van der Waals surface area contributed by atoms with Crippen LogP contribution >= 0.6 is 0 Å². The molecule has 7 heteroatoms. The van der Waals surface area contributed by atoms with E-state index in [2.05, 4.69) is 34.9 Å². The zero-order valence-electron chi connectivity index (χ0n) is 20.2. The van der Waals surface area contributed by atoms with E-state index >= 15 is 0 Å². The number of aliphatic carboxylic acids is 1. The van der Waals surface area contributed by atoms with Crippen LogP contribution in [0.15, 0.2) is 48.5 Å². The monoisotopic (exact) mass is 466 g/mol. The minimum absolute atomic E-state index is 0.0109. The molecule has 1 aliphatic rings. The summed E-state index contributed by atoms with van der Waals surface area (Å²) in [5, 5.41) is 14.7. The Morgan fingerprint density at radius 1 is 0.824 bits per heavy atom. The lowest BCUT2D eigenvalue weighted by Gasteiger charge is -2.25. The molecule has 34 heavy (non-hydrogen) atoms. The van der Waals surface area contributed by atoms with Crippen molar-refractivity contribution in [2.24, 2.45) is 11.8 Å². The average Bonchev–Trinajstić information content (AvgIpc) is 3.10. The number of alkyl carbamates (subject to hydrolysis) is 1. The van der Waals surface area contributed by atoms with Crippen LogP contribution in [0.3, 0.4) is 0 Å². The van der Waals surface area contributed by atoms with Gasteiger partial charge in [-0.3, -0.25) is 9.59 Å². The molecule has 0 bridgehead atoms. The number of carbonyl (C=O) groups is 3. The number of carboxylic acid groups (broad SMARTS) is 1. The van der Waals surface area contributed by atoms with Crippen molar-refractivity contribution in [1.29, 1.82) is 0 Å². The Hall–Kier alpha value is -3.35. The normalized spacial score (nSPS) is 14.3. The number of carbonyl (C=O) groups excluding carboxylic acids is 2. The molecule has 1 aliphatic carbocycles. The zero-order chi connectivity index (χ0) is 24.8. The first-order valence-electron chi connectivity index (χ1n) is 11.8. The third kappa shape index (κ3) is 6.16. The van der Waals surface area contributed by atoms with Gasteiger partial charge in [-0.1, -0.05) is 76.2 Å². The number of ether oxygens (including phenoxy) is 1. The van der Waals surface area contributed by atoms with Crippen molar-refractivity contribution in [3.63, 3.8) is 0 Å². The predicted octanol–water partition coefficient (Wildman–Crippen LogP) is 4.56. The molecule has 2 aromatic carbocycles. The number of benzene rings is 2. The van der Waals surface area contributed by atoms with Gasteiger partial charge in [-0.05, 0) is 34.1 Å². The van der Waals surface area contributed by atoms with Crippen molar-refractivity contribution < 1.29 is 24.2 Å². The smallest absolute Gasteiger partial charge is 0.407 e. The van der Waals surface area contributed by atoms with Crippen LogP contribution in [0.4, 0.5) is 4.79 Å². The highest BCUT2D eigenvalue weighted by Gasteiger charge is 2.30. The lowest BCUT2D eigenvalue weighted by Crippen LogP contribution is -2.46. The molecule has 0 aromatic heterocycles. The Labute approximate surface area is 200 Å². The third-order valence-electron chi connectivity index (χ3n) is 6.40. The van der Waals surface area contributed by atoms with Crippen molar-refractivity contribution in [2.75, 3.05) is 6.61 Å². The second-order valence-electron chi connectivity index (χ2n) is 9.54. The van der Waals surface area contributed by atoms with E-state index in [-0.39, 0.29) is 43.1 Å². The maximum absolute atomic E-state index is 12.7. The predicted molar refractivity (Wildman–Crippen MR) is 130 cm³/mol. The number of fused-ring (bicyclic) bond motifs is 3. The van der Waals surface area contributed by atoms with Gasteiger partial charge in [0.05, 0.1) is 6.42 Å². The summed E-state index contributed by atoms with van der Waals surface area (Å²) >= 11 is 0. The fourth-order valence-corrected chi connectivity index (χ4v) is 4.35. The topological polar surface area (TPSA) is 105 Å². The van der Waals surface area contributed by atoms with Crippen LogP contribution in [-0.2, 0) is 14.3 Å². The van der Waals surface area contributed by atoms with Crippen molar-refractivity contribution in [1.82, 2.24) is 10.6 Å². The van der Waals surface area contributed by atoms with Crippen LogP contribution in [0.5, 0.6) is 0 Å². The Bertz CT molecular complexity index is 988. The molecule has 3 N–H and O–H groups in total. The van der Waals surface area contributed by atoms with Gasteiger partial charge in [-0.25, -0.2) is 4.79 Å². The van der Waals surface area contributed by atoms with Crippen LogP contribution in [0.2, 0.25) is 0 Å². The van der Waals surface area contributed by atoms with Crippen LogP contribution in [0, 0.1) is 11.8 Å². The second kappa shape index (κ2) is 11.2. The lowest BCUT2D eigenvalue weighted by molar-refractivity contribution is -0.138. The summed E-state index contributed by atoms with van der Waals surface area (Å²) in [5.74, 6) is -1.33. The van der Waals surface area contributed by atoms with Crippen molar-refractivity contribution in [3.05, 3.63) is 59.7 Å². The molecule has 0 aliphatic heterocycles. The summed E-state index contributed by atoms with van der Waals surface area (Å²) in [6, 6.07) is 15.4. The number of hydrogen-bond donors (Lipinski definition) is 3. The molecule has 2 atom stereocenters. The minimum Gasteiger partial charge on any atom is -0.481 e. The quantitative estimate of drug-likeness (QED) is 0.476. The lowest BCUT2D eigenvalue weighted by atomic mass is 9.98. The Balaban J connectivity index is 1.59. The summed E-state index contributed by atoms with van der Waals surface area (Å²) in [6.07, 6.45) is -0.667. The number of nitrogens with one attached hydrogen (secondary N) is 2. The van der Waals surface area contributed by atoms with Gasteiger partial charge in [-0.2, -0.15) is 0 Å². The van der Waals surface area contributed by atoms with Gasteiger partial charge in [0.1, 0.15) is 6.61 Å². The number of rotatable bonds is 10. The van der Waals surface area contributed by atoms with Gasteiger partial charge in [0, 0.05) is 24.4 Å². The highest BCUT2D eigenvalue weighted by molar-refractivity contribution is 5.80. The van der Waals surface area contributed by atoms with E-state index in [1.54, 1.807) is 0 Å². The summed E-state index contributed by atoms with van der Waals surface area (Å²) in [5.41, 5.74) is 4.58. The first kappa shape index (κ1) is 25.3. The molecule has 2 aromatic rings. The molecule has 3 rings (SSSR count). The number of hydrogen-bond acceptors (Lipinski definition) is 4. The Morgan fingerprint density at radius 2 is 1.32 bits per heavy atom. The van der Waals surface area contributed by atoms with E-state index < -0.39 is 24.1 Å². The van der Waals surface area contributed by atoms with Crippen LogP contribution in [-0.4, -0.2) is 41.8 Å². The van der Waals surface area contributed by atoms with Gasteiger partial charge in [0.2, 0.25) is 5.91 Å². The molecule has 0 saturated heterocycles. The van der Waals surface area contributed by atoms with Crippen molar-refractivity contribution >= 4 is 18.0 Å². The molecular weight excluding hydrogens is 432 g/mol. The molecule has 182 valence electrons. The molecule has 2 amide bonds. The van der Waals surface area contributed by atoms with Gasteiger partial charge in [0.15, 0.2) is 0 Å². The van der Waals surface area contributed by atoms with Gasteiger partial charge >= 0.3 is 12.1 Å². The molecule has 7 nitrogen and oxygen atoms in total. The summed E-state index contributed by atoms with van der Waals surface area (Å²) in [6.45, 7) is 7.76. The zero-order valence-corrected chi connectivity index (χ0v) is 20.2. The maximum Gasteiger partial charge on any atom is 0.407 e. The largest absolute Gasteiger partial charge is 0.481 e. The number of carboxylic acids is 1.